The molecule has 4 nitrogen and oxygen atoms in total. The van der Waals surface area contributed by atoms with Crippen molar-refractivity contribution in [3.05, 3.63) is 30.1 Å². The minimum absolute atomic E-state index is 0.119. The second-order valence-corrected chi connectivity index (χ2v) is 4.75. The summed E-state index contributed by atoms with van der Waals surface area (Å²) < 4.78 is 18.9. The quantitative estimate of drug-likeness (QED) is 0.856. The third-order valence-electron chi connectivity index (χ3n) is 3.26. The number of ether oxygens (including phenoxy) is 1. The van der Waals surface area contributed by atoms with Gasteiger partial charge < -0.3 is 15.4 Å². The Balaban J connectivity index is 1.77. The largest absolute Gasteiger partial charge is 0.377 e. The molecule has 2 atom stereocenters. The van der Waals surface area contributed by atoms with E-state index in [-0.39, 0.29) is 30.3 Å². The molecule has 0 saturated carbocycles. The molecule has 1 aromatic carbocycles. The third kappa shape index (κ3) is 4.01. The van der Waals surface area contributed by atoms with E-state index >= 15 is 0 Å². The fourth-order valence-electron chi connectivity index (χ4n) is 2.14. The summed E-state index contributed by atoms with van der Waals surface area (Å²) in [6.45, 7) is 2.93. The predicted octanol–water partition coefficient (Wildman–Crippen LogP) is 1.92. The summed E-state index contributed by atoms with van der Waals surface area (Å²) >= 11 is 0. The number of carbonyl (C=O) groups is 1. The lowest BCUT2D eigenvalue weighted by Gasteiger charge is -2.19. The predicted molar refractivity (Wildman–Crippen MR) is 71.5 cm³/mol. The van der Waals surface area contributed by atoms with Crippen LogP contribution in [0, 0.1) is 5.82 Å². The van der Waals surface area contributed by atoms with Crippen LogP contribution in [0.15, 0.2) is 24.3 Å². The lowest BCUT2D eigenvalue weighted by molar-refractivity contribution is -0.115. The Kier molecular flexibility index (Phi) is 4.87. The van der Waals surface area contributed by atoms with Gasteiger partial charge in [-0.2, -0.15) is 0 Å². The molecular weight excluding hydrogens is 247 g/mol. The van der Waals surface area contributed by atoms with E-state index in [1.54, 1.807) is 12.1 Å². The number of rotatable bonds is 5. The highest BCUT2D eigenvalue weighted by Gasteiger charge is 2.22. The van der Waals surface area contributed by atoms with Crippen LogP contribution in [-0.4, -0.2) is 31.2 Å². The van der Waals surface area contributed by atoms with Gasteiger partial charge in [-0.15, -0.1) is 0 Å². The van der Waals surface area contributed by atoms with E-state index in [0.717, 1.165) is 19.4 Å². The average molecular weight is 266 g/mol. The SMILES string of the molecule is CC(NCC(=O)Nc1ccccc1F)C1CCCO1. The Labute approximate surface area is 112 Å². The van der Waals surface area contributed by atoms with Crippen LogP contribution in [0.3, 0.4) is 0 Å². The molecule has 19 heavy (non-hydrogen) atoms. The van der Waals surface area contributed by atoms with Gasteiger partial charge in [0, 0.05) is 12.6 Å². The second-order valence-electron chi connectivity index (χ2n) is 4.75. The van der Waals surface area contributed by atoms with Crippen LogP contribution >= 0.6 is 0 Å². The van der Waals surface area contributed by atoms with Gasteiger partial charge >= 0.3 is 0 Å². The summed E-state index contributed by atoms with van der Waals surface area (Å²) in [7, 11) is 0. The molecule has 2 rings (SSSR count). The summed E-state index contributed by atoms with van der Waals surface area (Å²) in [5.74, 6) is -0.682. The first-order valence-corrected chi connectivity index (χ1v) is 6.56. The van der Waals surface area contributed by atoms with Crippen molar-refractivity contribution in [1.82, 2.24) is 5.32 Å². The highest BCUT2D eigenvalue weighted by atomic mass is 19.1. The Morgan fingerprint density at radius 2 is 2.32 bits per heavy atom. The van der Waals surface area contributed by atoms with Gasteiger partial charge in [0.05, 0.1) is 18.3 Å². The topological polar surface area (TPSA) is 50.4 Å². The first-order valence-electron chi connectivity index (χ1n) is 6.56. The number of hydrogen-bond donors (Lipinski definition) is 2. The van der Waals surface area contributed by atoms with Crippen LogP contribution in [0.25, 0.3) is 0 Å². The molecule has 1 saturated heterocycles. The Morgan fingerprint density at radius 1 is 1.53 bits per heavy atom. The molecule has 104 valence electrons. The zero-order valence-corrected chi connectivity index (χ0v) is 11.0. The number of hydrogen-bond acceptors (Lipinski definition) is 3. The lowest BCUT2D eigenvalue weighted by atomic mass is 10.1. The van der Waals surface area contributed by atoms with Gasteiger partial charge in [0.1, 0.15) is 5.82 Å². The van der Waals surface area contributed by atoms with Gasteiger partial charge in [-0.3, -0.25) is 4.79 Å². The lowest BCUT2D eigenvalue weighted by Crippen LogP contribution is -2.41. The number of carbonyl (C=O) groups excluding carboxylic acids is 1. The summed E-state index contributed by atoms with van der Waals surface area (Å²) in [6, 6.07) is 6.24. The smallest absolute Gasteiger partial charge is 0.238 e. The summed E-state index contributed by atoms with van der Waals surface area (Å²) in [4.78, 5) is 11.7. The molecule has 2 unspecified atom stereocenters. The van der Waals surface area contributed by atoms with Gasteiger partial charge in [-0.1, -0.05) is 12.1 Å². The van der Waals surface area contributed by atoms with Crippen LogP contribution < -0.4 is 10.6 Å². The minimum Gasteiger partial charge on any atom is -0.377 e. The number of halogens is 1. The highest BCUT2D eigenvalue weighted by Crippen LogP contribution is 2.15. The minimum atomic E-state index is -0.428. The average Bonchev–Trinajstić information content (AvgIpc) is 2.93. The van der Waals surface area contributed by atoms with Crippen molar-refractivity contribution in [3.63, 3.8) is 0 Å². The maximum atomic E-state index is 13.3. The monoisotopic (exact) mass is 266 g/mol. The van der Waals surface area contributed by atoms with E-state index in [4.69, 9.17) is 4.74 Å². The van der Waals surface area contributed by atoms with Crippen molar-refractivity contribution in [3.8, 4) is 0 Å². The van der Waals surface area contributed by atoms with Crippen molar-refractivity contribution in [1.29, 1.82) is 0 Å². The van der Waals surface area contributed by atoms with Crippen molar-refractivity contribution in [2.24, 2.45) is 0 Å². The van der Waals surface area contributed by atoms with Gasteiger partial charge in [0.25, 0.3) is 0 Å². The zero-order valence-electron chi connectivity index (χ0n) is 11.0. The molecule has 0 aliphatic carbocycles. The van der Waals surface area contributed by atoms with Crippen molar-refractivity contribution in [2.45, 2.75) is 31.9 Å². The molecule has 2 N–H and O–H groups in total. The van der Waals surface area contributed by atoms with E-state index in [9.17, 15) is 9.18 Å². The molecular formula is C14H19FN2O2. The molecule has 0 aromatic heterocycles. The number of anilines is 1. The van der Waals surface area contributed by atoms with E-state index in [1.807, 2.05) is 6.92 Å². The van der Waals surface area contributed by atoms with E-state index in [0.29, 0.717) is 0 Å². The second kappa shape index (κ2) is 6.63. The van der Waals surface area contributed by atoms with Crippen LogP contribution in [0.4, 0.5) is 10.1 Å². The van der Waals surface area contributed by atoms with E-state index < -0.39 is 5.82 Å². The molecule has 0 bridgehead atoms. The fraction of sp³-hybridized carbons (Fsp3) is 0.500. The van der Waals surface area contributed by atoms with Crippen LogP contribution in [0.5, 0.6) is 0 Å². The summed E-state index contributed by atoms with van der Waals surface area (Å²) in [5, 5.41) is 5.64. The summed E-state index contributed by atoms with van der Waals surface area (Å²) in [6.07, 6.45) is 2.25. The Morgan fingerprint density at radius 3 is 3.00 bits per heavy atom. The van der Waals surface area contributed by atoms with Crippen LogP contribution in [0.2, 0.25) is 0 Å². The summed E-state index contributed by atoms with van der Waals surface area (Å²) in [5.41, 5.74) is 0.207. The number of nitrogens with one attached hydrogen (secondary N) is 2. The Bertz CT molecular complexity index is 433. The third-order valence-corrected chi connectivity index (χ3v) is 3.26. The Hall–Kier alpha value is -1.46. The molecule has 1 fully saturated rings. The number of para-hydroxylation sites is 1. The highest BCUT2D eigenvalue weighted by molar-refractivity contribution is 5.92. The molecule has 1 aliphatic heterocycles. The molecule has 0 spiro atoms. The maximum Gasteiger partial charge on any atom is 0.238 e. The normalized spacial score (nSPS) is 20.2. The van der Waals surface area contributed by atoms with Gasteiger partial charge in [0.15, 0.2) is 0 Å². The number of benzene rings is 1. The molecule has 1 aromatic rings. The maximum absolute atomic E-state index is 13.3. The molecule has 1 aliphatic rings. The number of amides is 1. The van der Waals surface area contributed by atoms with Crippen LogP contribution in [0.1, 0.15) is 19.8 Å². The van der Waals surface area contributed by atoms with Gasteiger partial charge in [-0.25, -0.2) is 4.39 Å². The van der Waals surface area contributed by atoms with E-state index in [2.05, 4.69) is 10.6 Å². The van der Waals surface area contributed by atoms with Crippen LogP contribution in [-0.2, 0) is 9.53 Å². The first-order chi connectivity index (χ1) is 9.16. The zero-order chi connectivity index (χ0) is 13.7. The first kappa shape index (κ1) is 14.0. The van der Waals surface area contributed by atoms with Gasteiger partial charge in [0.2, 0.25) is 5.91 Å². The van der Waals surface area contributed by atoms with Gasteiger partial charge in [-0.05, 0) is 31.9 Å². The van der Waals surface area contributed by atoms with Crippen molar-refractivity contribution >= 4 is 11.6 Å². The molecule has 1 heterocycles. The van der Waals surface area contributed by atoms with Crippen molar-refractivity contribution in [2.75, 3.05) is 18.5 Å². The standard InChI is InChI=1S/C14H19FN2O2/c1-10(13-7-4-8-19-13)16-9-14(18)17-12-6-3-2-5-11(12)15/h2-3,5-6,10,13,16H,4,7-9H2,1H3,(H,17,18). The fourth-order valence-corrected chi connectivity index (χ4v) is 2.14. The molecule has 0 radical (unpaired) electrons. The van der Waals surface area contributed by atoms with E-state index in [1.165, 1.54) is 12.1 Å². The van der Waals surface area contributed by atoms with Crippen molar-refractivity contribution < 1.29 is 13.9 Å². The molecule has 1 amide bonds. The molecule has 5 heteroatoms.